The van der Waals surface area contributed by atoms with E-state index in [0.29, 0.717) is 39.5 Å². The molecule has 0 radical (unpaired) electrons. The van der Waals surface area contributed by atoms with E-state index < -0.39 is 11.9 Å². The molecule has 0 spiro atoms. The number of ether oxygens (including phenoxy) is 3. The molecule has 0 aliphatic carbocycles. The van der Waals surface area contributed by atoms with E-state index in [4.69, 9.17) is 14.2 Å². The van der Waals surface area contributed by atoms with Gasteiger partial charge in [0.15, 0.2) is 11.5 Å². The molecule has 8 nitrogen and oxygen atoms in total. The van der Waals surface area contributed by atoms with E-state index in [-0.39, 0.29) is 5.91 Å². The number of halogens is 1. The second kappa shape index (κ2) is 12.6. The van der Waals surface area contributed by atoms with Gasteiger partial charge in [0.2, 0.25) is 0 Å². The van der Waals surface area contributed by atoms with Gasteiger partial charge in [0, 0.05) is 5.56 Å². The molecule has 0 saturated heterocycles. The van der Waals surface area contributed by atoms with Crippen molar-refractivity contribution in [3.8, 4) is 17.2 Å². The van der Waals surface area contributed by atoms with Crippen LogP contribution in [0.5, 0.6) is 17.2 Å². The maximum absolute atomic E-state index is 12.4. The third kappa shape index (κ3) is 7.31. The monoisotopic (exact) mass is 539 g/mol. The first-order valence-corrected chi connectivity index (χ1v) is 11.5. The number of hydrogen-bond donors (Lipinski definition) is 2. The van der Waals surface area contributed by atoms with Crippen molar-refractivity contribution in [1.29, 1.82) is 0 Å². The second-order valence-electron chi connectivity index (χ2n) is 7.47. The van der Waals surface area contributed by atoms with Crippen molar-refractivity contribution in [3.05, 3.63) is 87.9 Å². The Morgan fingerprint density at radius 2 is 1.74 bits per heavy atom. The zero-order valence-electron chi connectivity index (χ0n) is 19.6. The number of hydrazone groups is 1. The molecule has 0 aliphatic heterocycles. The molecule has 3 aromatic rings. The van der Waals surface area contributed by atoms with Crippen LogP contribution in [0, 0.1) is 0 Å². The highest BCUT2D eigenvalue weighted by Crippen LogP contribution is 2.36. The first-order valence-electron chi connectivity index (χ1n) is 10.7. The largest absolute Gasteiger partial charge is 0.497 e. The summed E-state index contributed by atoms with van der Waals surface area (Å²) < 4.78 is 17.1. The summed E-state index contributed by atoms with van der Waals surface area (Å²) in [5.74, 6) is 0.882. The summed E-state index contributed by atoms with van der Waals surface area (Å²) >= 11 is 3.51. The summed E-state index contributed by atoms with van der Waals surface area (Å²) in [4.78, 5) is 24.7. The van der Waals surface area contributed by atoms with Gasteiger partial charge in [-0.2, -0.15) is 5.10 Å². The highest BCUT2D eigenvalue weighted by molar-refractivity contribution is 9.10. The maximum atomic E-state index is 12.4. The van der Waals surface area contributed by atoms with E-state index >= 15 is 0 Å². The Hall–Kier alpha value is -3.85. The fourth-order valence-electron chi connectivity index (χ4n) is 3.04. The molecule has 0 aliphatic rings. The number of carbonyl (C=O) groups is 2. The van der Waals surface area contributed by atoms with E-state index in [1.807, 2.05) is 30.3 Å². The van der Waals surface area contributed by atoms with Crippen LogP contribution in [-0.4, -0.2) is 38.3 Å². The highest BCUT2D eigenvalue weighted by Gasteiger charge is 2.16. The van der Waals surface area contributed by atoms with Gasteiger partial charge in [-0.05, 0) is 70.4 Å². The normalized spacial score (nSPS) is 11.5. The van der Waals surface area contributed by atoms with Gasteiger partial charge in [0.25, 0.3) is 11.8 Å². The molecule has 3 aromatic carbocycles. The minimum Gasteiger partial charge on any atom is -0.497 e. The zero-order chi connectivity index (χ0) is 25.2. The molecule has 3 rings (SSSR count). The molecule has 182 valence electrons. The molecular formula is C26H26BrN3O5. The van der Waals surface area contributed by atoms with Crippen molar-refractivity contribution in [2.45, 2.75) is 19.6 Å². The summed E-state index contributed by atoms with van der Waals surface area (Å²) in [6.07, 6.45) is 1.48. The van der Waals surface area contributed by atoms with E-state index in [1.54, 1.807) is 57.5 Å². The molecule has 0 aromatic heterocycles. The van der Waals surface area contributed by atoms with Gasteiger partial charge >= 0.3 is 0 Å². The van der Waals surface area contributed by atoms with Crippen LogP contribution >= 0.6 is 15.9 Å². The lowest BCUT2D eigenvalue weighted by molar-refractivity contribution is -0.122. The lowest BCUT2D eigenvalue weighted by Crippen LogP contribution is -2.43. The molecule has 0 fully saturated rings. The summed E-state index contributed by atoms with van der Waals surface area (Å²) in [5.41, 5.74) is 4.56. The van der Waals surface area contributed by atoms with Crippen molar-refractivity contribution in [2.75, 3.05) is 14.2 Å². The van der Waals surface area contributed by atoms with Gasteiger partial charge < -0.3 is 19.5 Å². The number of nitrogens with one attached hydrogen (secondary N) is 2. The molecule has 2 amide bonds. The standard InChI is InChI=1S/C26H26BrN3O5/c1-17(29-26(32)20-9-11-21(33-2)12-10-20)25(31)30-28-15-19-13-22(27)24(23(14-19)34-3)35-16-18-7-5-4-6-8-18/h4-15,17H,16H2,1-3H3,(H,29,32)(H,30,31). The van der Waals surface area contributed by atoms with Crippen LogP contribution in [0.1, 0.15) is 28.4 Å². The van der Waals surface area contributed by atoms with Crippen molar-refractivity contribution in [2.24, 2.45) is 5.10 Å². The highest BCUT2D eigenvalue weighted by atomic mass is 79.9. The Kier molecular flexibility index (Phi) is 9.25. The molecule has 0 saturated carbocycles. The number of nitrogens with zero attached hydrogens (tertiary/aromatic N) is 1. The van der Waals surface area contributed by atoms with E-state index in [1.165, 1.54) is 6.21 Å². The fourth-order valence-corrected chi connectivity index (χ4v) is 3.61. The Morgan fingerprint density at radius 1 is 1.03 bits per heavy atom. The predicted molar refractivity (Wildman–Crippen MR) is 137 cm³/mol. The van der Waals surface area contributed by atoms with Crippen LogP contribution in [0.2, 0.25) is 0 Å². The minimum atomic E-state index is -0.795. The molecule has 9 heteroatoms. The Morgan fingerprint density at radius 3 is 2.40 bits per heavy atom. The molecule has 2 N–H and O–H groups in total. The molecule has 0 bridgehead atoms. The number of benzene rings is 3. The van der Waals surface area contributed by atoms with Crippen LogP contribution in [0.3, 0.4) is 0 Å². The van der Waals surface area contributed by atoms with Crippen molar-refractivity contribution >= 4 is 34.0 Å². The van der Waals surface area contributed by atoms with Crippen LogP contribution in [0.15, 0.2) is 76.3 Å². The van der Waals surface area contributed by atoms with Crippen LogP contribution in [0.4, 0.5) is 0 Å². The summed E-state index contributed by atoms with van der Waals surface area (Å²) in [7, 11) is 3.10. The summed E-state index contributed by atoms with van der Waals surface area (Å²) in [6, 6.07) is 19.1. The van der Waals surface area contributed by atoms with E-state index in [9.17, 15) is 9.59 Å². The number of carbonyl (C=O) groups excluding carboxylic acids is 2. The van der Waals surface area contributed by atoms with Crippen molar-refractivity contribution in [3.63, 3.8) is 0 Å². The molecule has 1 atom stereocenters. The summed E-state index contributed by atoms with van der Waals surface area (Å²) in [6.45, 7) is 1.96. The quantitative estimate of drug-likeness (QED) is 0.295. The smallest absolute Gasteiger partial charge is 0.262 e. The number of methoxy groups -OCH3 is 2. The Labute approximate surface area is 212 Å². The maximum Gasteiger partial charge on any atom is 0.262 e. The van der Waals surface area contributed by atoms with Gasteiger partial charge in [-0.15, -0.1) is 0 Å². The first kappa shape index (κ1) is 25.8. The van der Waals surface area contributed by atoms with E-state index in [0.717, 1.165) is 5.56 Å². The second-order valence-corrected chi connectivity index (χ2v) is 8.32. The Balaban J connectivity index is 1.57. The molecule has 1 unspecified atom stereocenters. The minimum absolute atomic E-state index is 0.376. The average molecular weight is 540 g/mol. The SMILES string of the molecule is COc1ccc(C(=O)NC(C)C(=O)NN=Cc2cc(Br)c(OCc3ccccc3)c(OC)c2)cc1. The average Bonchev–Trinajstić information content (AvgIpc) is 2.88. The van der Waals surface area contributed by atoms with Crippen LogP contribution in [0.25, 0.3) is 0 Å². The third-order valence-electron chi connectivity index (χ3n) is 4.96. The number of rotatable bonds is 10. The van der Waals surface area contributed by atoms with Gasteiger partial charge in [-0.3, -0.25) is 9.59 Å². The number of amides is 2. The van der Waals surface area contributed by atoms with E-state index in [2.05, 4.69) is 31.8 Å². The lowest BCUT2D eigenvalue weighted by Gasteiger charge is -2.14. The third-order valence-corrected chi connectivity index (χ3v) is 5.55. The molecule has 0 heterocycles. The Bertz CT molecular complexity index is 1180. The first-order chi connectivity index (χ1) is 16.9. The van der Waals surface area contributed by atoms with Gasteiger partial charge in [-0.1, -0.05) is 30.3 Å². The number of hydrogen-bond acceptors (Lipinski definition) is 6. The zero-order valence-corrected chi connectivity index (χ0v) is 21.2. The van der Waals surface area contributed by atoms with Crippen LogP contribution in [-0.2, 0) is 11.4 Å². The lowest BCUT2D eigenvalue weighted by atomic mass is 10.2. The molecular weight excluding hydrogens is 514 g/mol. The molecule has 35 heavy (non-hydrogen) atoms. The van der Waals surface area contributed by atoms with Gasteiger partial charge in [0.1, 0.15) is 18.4 Å². The van der Waals surface area contributed by atoms with Gasteiger partial charge in [-0.25, -0.2) is 5.43 Å². The van der Waals surface area contributed by atoms with Crippen molar-refractivity contribution in [1.82, 2.24) is 10.7 Å². The van der Waals surface area contributed by atoms with Gasteiger partial charge in [0.05, 0.1) is 24.9 Å². The topological polar surface area (TPSA) is 98.2 Å². The predicted octanol–water partition coefficient (Wildman–Crippen LogP) is 4.31. The summed E-state index contributed by atoms with van der Waals surface area (Å²) in [5, 5.41) is 6.63. The van der Waals surface area contributed by atoms with Crippen molar-refractivity contribution < 1.29 is 23.8 Å². The fraction of sp³-hybridized carbons (Fsp3) is 0.192. The van der Waals surface area contributed by atoms with Crippen LogP contribution < -0.4 is 25.0 Å².